The highest BCUT2D eigenvalue weighted by molar-refractivity contribution is 5.44. The molecule has 0 unspecified atom stereocenters. The van der Waals surface area contributed by atoms with Gasteiger partial charge in [-0.25, -0.2) is 0 Å². The summed E-state index contributed by atoms with van der Waals surface area (Å²) in [6.45, 7) is 4.43. The van der Waals surface area contributed by atoms with Crippen molar-refractivity contribution >= 4 is 0 Å². The fourth-order valence-electron chi connectivity index (χ4n) is 1.61. The van der Waals surface area contributed by atoms with E-state index in [4.69, 9.17) is 9.84 Å². The van der Waals surface area contributed by atoms with Gasteiger partial charge in [-0.15, -0.1) is 0 Å². The van der Waals surface area contributed by atoms with Crippen molar-refractivity contribution < 1.29 is 9.84 Å². The summed E-state index contributed by atoms with van der Waals surface area (Å²) in [6.07, 6.45) is 1.67. The molecule has 0 saturated carbocycles. The molecule has 0 amide bonds. The molecule has 0 heterocycles. The SMILES string of the molecule is COc1ccc(C)c(C)c1CCCO. The van der Waals surface area contributed by atoms with Crippen LogP contribution >= 0.6 is 0 Å². The van der Waals surface area contributed by atoms with Crippen molar-refractivity contribution in [2.45, 2.75) is 26.7 Å². The van der Waals surface area contributed by atoms with Crippen LogP contribution in [0.3, 0.4) is 0 Å². The van der Waals surface area contributed by atoms with E-state index in [1.807, 2.05) is 6.07 Å². The van der Waals surface area contributed by atoms with Crippen molar-refractivity contribution in [3.63, 3.8) is 0 Å². The fraction of sp³-hybridized carbons (Fsp3) is 0.500. The van der Waals surface area contributed by atoms with E-state index in [1.54, 1.807) is 7.11 Å². The molecule has 0 aliphatic rings. The number of rotatable bonds is 4. The molecule has 0 atom stereocenters. The first-order valence-electron chi connectivity index (χ1n) is 4.94. The molecule has 2 heteroatoms. The minimum absolute atomic E-state index is 0.233. The van der Waals surface area contributed by atoms with Gasteiger partial charge in [0.1, 0.15) is 5.75 Å². The Bertz CT molecular complexity index is 305. The minimum atomic E-state index is 0.233. The number of aliphatic hydroxyl groups is 1. The zero-order valence-electron chi connectivity index (χ0n) is 9.13. The fourth-order valence-corrected chi connectivity index (χ4v) is 1.61. The van der Waals surface area contributed by atoms with E-state index in [0.717, 1.165) is 18.6 Å². The van der Waals surface area contributed by atoms with Crippen LogP contribution in [0, 0.1) is 13.8 Å². The molecule has 0 aliphatic heterocycles. The summed E-state index contributed by atoms with van der Waals surface area (Å²) in [5, 5.41) is 8.81. The van der Waals surface area contributed by atoms with E-state index in [0.29, 0.717) is 0 Å². The Morgan fingerprint density at radius 1 is 1.29 bits per heavy atom. The first-order chi connectivity index (χ1) is 6.70. The number of hydrogen-bond acceptors (Lipinski definition) is 2. The van der Waals surface area contributed by atoms with Crippen LogP contribution in [0.4, 0.5) is 0 Å². The third-order valence-corrected chi connectivity index (χ3v) is 2.63. The monoisotopic (exact) mass is 194 g/mol. The highest BCUT2D eigenvalue weighted by Crippen LogP contribution is 2.25. The number of ether oxygens (including phenoxy) is 1. The average molecular weight is 194 g/mol. The second-order valence-corrected chi connectivity index (χ2v) is 3.52. The maximum Gasteiger partial charge on any atom is 0.122 e. The van der Waals surface area contributed by atoms with Crippen molar-refractivity contribution in [3.05, 3.63) is 28.8 Å². The third kappa shape index (κ3) is 2.26. The van der Waals surface area contributed by atoms with Crippen molar-refractivity contribution in [3.8, 4) is 5.75 Å². The van der Waals surface area contributed by atoms with Gasteiger partial charge in [0.2, 0.25) is 0 Å². The molecule has 0 aliphatic carbocycles. The van der Waals surface area contributed by atoms with E-state index >= 15 is 0 Å². The predicted octanol–water partition coefficient (Wildman–Crippen LogP) is 2.24. The van der Waals surface area contributed by atoms with Gasteiger partial charge >= 0.3 is 0 Å². The average Bonchev–Trinajstić information content (AvgIpc) is 2.20. The summed E-state index contributed by atoms with van der Waals surface area (Å²) >= 11 is 0. The maximum absolute atomic E-state index is 8.81. The quantitative estimate of drug-likeness (QED) is 0.796. The van der Waals surface area contributed by atoms with E-state index < -0.39 is 0 Å². The number of benzene rings is 1. The molecule has 1 aromatic carbocycles. The van der Waals surface area contributed by atoms with Gasteiger partial charge in [0.15, 0.2) is 0 Å². The smallest absolute Gasteiger partial charge is 0.122 e. The van der Waals surface area contributed by atoms with Crippen LogP contribution in [0.2, 0.25) is 0 Å². The van der Waals surface area contributed by atoms with Crippen LogP contribution in [0.15, 0.2) is 12.1 Å². The maximum atomic E-state index is 8.81. The number of hydrogen-bond donors (Lipinski definition) is 1. The second kappa shape index (κ2) is 5.01. The normalized spacial score (nSPS) is 10.3. The van der Waals surface area contributed by atoms with Crippen molar-refractivity contribution in [2.75, 3.05) is 13.7 Å². The Kier molecular flexibility index (Phi) is 3.96. The molecule has 0 aromatic heterocycles. The molecular formula is C12H18O2. The first-order valence-corrected chi connectivity index (χ1v) is 4.94. The summed E-state index contributed by atoms with van der Waals surface area (Å²) < 4.78 is 5.30. The summed E-state index contributed by atoms with van der Waals surface area (Å²) in [5.41, 5.74) is 3.78. The van der Waals surface area contributed by atoms with Gasteiger partial charge in [-0.1, -0.05) is 6.07 Å². The van der Waals surface area contributed by atoms with Gasteiger partial charge in [-0.05, 0) is 49.4 Å². The zero-order valence-corrected chi connectivity index (χ0v) is 9.13. The van der Waals surface area contributed by atoms with Gasteiger partial charge < -0.3 is 9.84 Å². The summed E-state index contributed by atoms with van der Waals surface area (Å²) in [6, 6.07) is 4.06. The number of aliphatic hydroxyl groups excluding tert-OH is 1. The van der Waals surface area contributed by atoms with Crippen LogP contribution in [0.5, 0.6) is 5.75 Å². The molecular weight excluding hydrogens is 176 g/mol. The van der Waals surface area contributed by atoms with Crippen LogP contribution in [-0.4, -0.2) is 18.8 Å². The van der Waals surface area contributed by atoms with E-state index in [-0.39, 0.29) is 6.61 Å². The largest absolute Gasteiger partial charge is 0.496 e. The highest BCUT2D eigenvalue weighted by atomic mass is 16.5. The molecule has 0 bridgehead atoms. The molecule has 0 radical (unpaired) electrons. The third-order valence-electron chi connectivity index (χ3n) is 2.63. The topological polar surface area (TPSA) is 29.5 Å². The minimum Gasteiger partial charge on any atom is -0.496 e. The molecule has 2 nitrogen and oxygen atoms in total. The molecule has 78 valence electrons. The molecule has 0 fully saturated rings. The second-order valence-electron chi connectivity index (χ2n) is 3.52. The Hall–Kier alpha value is -1.02. The van der Waals surface area contributed by atoms with Gasteiger partial charge in [0.05, 0.1) is 7.11 Å². The lowest BCUT2D eigenvalue weighted by molar-refractivity contribution is 0.287. The van der Waals surface area contributed by atoms with Gasteiger partial charge in [0.25, 0.3) is 0 Å². The molecule has 0 saturated heterocycles. The van der Waals surface area contributed by atoms with E-state index in [1.165, 1.54) is 16.7 Å². The van der Waals surface area contributed by atoms with Crippen LogP contribution < -0.4 is 4.74 Å². The van der Waals surface area contributed by atoms with Gasteiger partial charge in [-0.2, -0.15) is 0 Å². The molecule has 14 heavy (non-hydrogen) atoms. The van der Waals surface area contributed by atoms with Crippen LogP contribution in [-0.2, 0) is 6.42 Å². The lowest BCUT2D eigenvalue weighted by Gasteiger charge is -2.13. The Labute approximate surface area is 85.5 Å². The summed E-state index contributed by atoms with van der Waals surface area (Å²) in [5.74, 6) is 0.932. The number of methoxy groups -OCH3 is 1. The van der Waals surface area contributed by atoms with E-state index in [9.17, 15) is 0 Å². The van der Waals surface area contributed by atoms with E-state index in [2.05, 4.69) is 19.9 Å². The van der Waals surface area contributed by atoms with Gasteiger partial charge in [-0.3, -0.25) is 0 Å². The Morgan fingerprint density at radius 2 is 2.00 bits per heavy atom. The summed E-state index contributed by atoms with van der Waals surface area (Å²) in [7, 11) is 1.69. The Morgan fingerprint density at radius 3 is 2.57 bits per heavy atom. The lowest BCUT2D eigenvalue weighted by Crippen LogP contribution is -1.99. The zero-order chi connectivity index (χ0) is 10.6. The van der Waals surface area contributed by atoms with Crippen LogP contribution in [0.25, 0.3) is 0 Å². The molecule has 0 spiro atoms. The van der Waals surface area contributed by atoms with Gasteiger partial charge in [0, 0.05) is 6.61 Å². The van der Waals surface area contributed by atoms with Crippen molar-refractivity contribution in [1.29, 1.82) is 0 Å². The predicted molar refractivity (Wildman–Crippen MR) is 57.9 cm³/mol. The first kappa shape index (κ1) is 11.1. The molecule has 1 aromatic rings. The van der Waals surface area contributed by atoms with Crippen molar-refractivity contribution in [2.24, 2.45) is 0 Å². The lowest BCUT2D eigenvalue weighted by atomic mass is 9.98. The summed E-state index contributed by atoms with van der Waals surface area (Å²) in [4.78, 5) is 0. The standard InChI is InChI=1S/C12H18O2/c1-9-6-7-12(14-3)11(10(9)2)5-4-8-13/h6-7,13H,4-5,8H2,1-3H3. The number of aryl methyl sites for hydroxylation is 1. The highest BCUT2D eigenvalue weighted by Gasteiger charge is 2.07. The Balaban J connectivity index is 3.01. The van der Waals surface area contributed by atoms with Crippen molar-refractivity contribution in [1.82, 2.24) is 0 Å². The molecule has 1 rings (SSSR count). The molecule has 1 N–H and O–H groups in total. The van der Waals surface area contributed by atoms with Crippen LogP contribution in [0.1, 0.15) is 23.1 Å².